The van der Waals surface area contributed by atoms with E-state index in [2.05, 4.69) is 10.3 Å². The highest BCUT2D eigenvalue weighted by atomic mass is 16.5. The second kappa shape index (κ2) is 4.63. The Morgan fingerprint density at radius 2 is 2.19 bits per heavy atom. The minimum absolute atomic E-state index is 0.0176. The summed E-state index contributed by atoms with van der Waals surface area (Å²) < 4.78 is 7.75. The van der Waals surface area contributed by atoms with Gasteiger partial charge in [0.15, 0.2) is 5.75 Å². The molecule has 1 amide bonds. The van der Waals surface area contributed by atoms with E-state index in [0.717, 1.165) is 28.2 Å². The highest BCUT2D eigenvalue weighted by Gasteiger charge is 2.17. The average molecular weight is 279 g/mol. The van der Waals surface area contributed by atoms with Crippen molar-refractivity contribution in [3.05, 3.63) is 48.9 Å². The summed E-state index contributed by atoms with van der Waals surface area (Å²) in [5.41, 5.74) is 3.61. The van der Waals surface area contributed by atoms with Crippen LogP contribution in [0.4, 0.5) is 5.69 Å². The summed E-state index contributed by atoms with van der Waals surface area (Å²) in [4.78, 5) is 15.9. The first-order valence-corrected chi connectivity index (χ1v) is 6.80. The van der Waals surface area contributed by atoms with Crippen LogP contribution in [0.25, 0.3) is 16.8 Å². The Balaban J connectivity index is 1.88. The highest BCUT2D eigenvalue weighted by Crippen LogP contribution is 2.37. The number of rotatable bonds is 1. The van der Waals surface area contributed by atoms with E-state index in [1.54, 1.807) is 6.20 Å². The van der Waals surface area contributed by atoms with Gasteiger partial charge in [-0.2, -0.15) is 0 Å². The van der Waals surface area contributed by atoms with Gasteiger partial charge >= 0.3 is 0 Å². The van der Waals surface area contributed by atoms with Crippen molar-refractivity contribution in [2.24, 2.45) is 0 Å². The van der Waals surface area contributed by atoms with Gasteiger partial charge in [0.05, 0.1) is 18.7 Å². The summed E-state index contributed by atoms with van der Waals surface area (Å²) in [6.45, 7) is 0.392. The maximum Gasteiger partial charge on any atom is 0.227 e. The maximum absolute atomic E-state index is 11.6. The molecule has 5 heteroatoms. The zero-order valence-corrected chi connectivity index (χ0v) is 11.2. The van der Waals surface area contributed by atoms with Gasteiger partial charge in [0.25, 0.3) is 0 Å². The van der Waals surface area contributed by atoms with Crippen LogP contribution in [0.3, 0.4) is 0 Å². The van der Waals surface area contributed by atoms with Crippen LogP contribution < -0.4 is 10.1 Å². The Morgan fingerprint density at radius 1 is 1.24 bits per heavy atom. The first kappa shape index (κ1) is 12.0. The topological polar surface area (TPSA) is 55.6 Å². The first-order chi connectivity index (χ1) is 10.3. The lowest BCUT2D eigenvalue weighted by atomic mass is 10.1. The lowest BCUT2D eigenvalue weighted by Gasteiger charge is -2.13. The summed E-state index contributed by atoms with van der Waals surface area (Å²) in [6, 6.07) is 9.74. The number of aromatic nitrogens is 2. The number of pyridine rings is 1. The molecule has 0 fully saturated rings. The van der Waals surface area contributed by atoms with E-state index in [-0.39, 0.29) is 5.91 Å². The number of nitrogens with zero attached hydrogens (tertiary/aromatic N) is 2. The van der Waals surface area contributed by atoms with Gasteiger partial charge in [0.1, 0.15) is 5.65 Å². The molecule has 0 saturated carbocycles. The number of hydrogen-bond donors (Lipinski definition) is 1. The molecule has 0 saturated heterocycles. The van der Waals surface area contributed by atoms with Gasteiger partial charge in [-0.15, -0.1) is 0 Å². The van der Waals surface area contributed by atoms with Crippen LogP contribution >= 0.6 is 0 Å². The van der Waals surface area contributed by atoms with Crippen LogP contribution in [-0.4, -0.2) is 21.9 Å². The zero-order chi connectivity index (χ0) is 14.2. The van der Waals surface area contributed by atoms with Gasteiger partial charge in [-0.05, 0) is 18.2 Å². The smallest absolute Gasteiger partial charge is 0.227 e. The SMILES string of the molecule is O=C1CCOc2c(cccc2-c2ccc3nccn3c2)N1. The number of carbonyl (C=O) groups is 1. The molecule has 3 heterocycles. The van der Waals surface area contributed by atoms with Crippen LogP contribution in [0, 0.1) is 0 Å². The molecule has 1 aliphatic rings. The van der Waals surface area contributed by atoms with Crippen molar-refractivity contribution in [2.45, 2.75) is 6.42 Å². The molecule has 5 nitrogen and oxygen atoms in total. The number of anilines is 1. The minimum Gasteiger partial charge on any atom is -0.490 e. The maximum atomic E-state index is 11.6. The van der Waals surface area contributed by atoms with E-state index < -0.39 is 0 Å². The third-order valence-electron chi connectivity index (χ3n) is 3.56. The van der Waals surface area contributed by atoms with Crippen LogP contribution in [0.5, 0.6) is 5.75 Å². The van der Waals surface area contributed by atoms with Gasteiger partial charge in [0, 0.05) is 29.7 Å². The van der Waals surface area contributed by atoms with Crippen molar-refractivity contribution >= 4 is 17.2 Å². The molecule has 2 aromatic heterocycles. The van der Waals surface area contributed by atoms with E-state index in [4.69, 9.17) is 4.74 Å². The molecule has 0 radical (unpaired) electrons. The van der Waals surface area contributed by atoms with Gasteiger partial charge in [-0.3, -0.25) is 4.79 Å². The van der Waals surface area contributed by atoms with Crippen molar-refractivity contribution < 1.29 is 9.53 Å². The molecule has 104 valence electrons. The summed E-state index contributed by atoms with van der Waals surface area (Å²) in [7, 11) is 0. The van der Waals surface area contributed by atoms with E-state index in [1.807, 2.05) is 47.1 Å². The predicted molar refractivity (Wildman–Crippen MR) is 79.4 cm³/mol. The van der Waals surface area contributed by atoms with Crippen molar-refractivity contribution in [1.29, 1.82) is 0 Å². The average Bonchev–Trinajstić information content (AvgIpc) is 2.87. The molecule has 21 heavy (non-hydrogen) atoms. The molecule has 1 N–H and O–H groups in total. The molecule has 1 aromatic carbocycles. The molecular formula is C16H13N3O2. The number of imidazole rings is 1. The van der Waals surface area contributed by atoms with Crippen LogP contribution in [0.2, 0.25) is 0 Å². The van der Waals surface area contributed by atoms with Gasteiger partial charge in [0.2, 0.25) is 5.91 Å². The molecule has 0 aliphatic carbocycles. The number of para-hydroxylation sites is 1. The van der Waals surface area contributed by atoms with E-state index in [9.17, 15) is 4.79 Å². The Kier molecular flexibility index (Phi) is 2.64. The number of ether oxygens (including phenoxy) is 1. The number of nitrogens with one attached hydrogen (secondary N) is 1. The van der Waals surface area contributed by atoms with Crippen molar-refractivity contribution in [3.8, 4) is 16.9 Å². The molecule has 3 aromatic rings. The van der Waals surface area contributed by atoms with E-state index >= 15 is 0 Å². The van der Waals surface area contributed by atoms with E-state index in [1.165, 1.54) is 0 Å². The largest absolute Gasteiger partial charge is 0.490 e. The second-order valence-electron chi connectivity index (χ2n) is 4.94. The summed E-state index contributed by atoms with van der Waals surface area (Å²) >= 11 is 0. The molecule has 1 aliphatic heterocycles. The van der Waals surface area contributed by atoms with Crippen LogP contribution in [-0.2, 0) is 4.79 Å². The summed E-state index contributed by atoms with van der Waals surface area (Å²) in [6.07, 6.45) is 6.05. The molecule has 0 atom stereocenters. The van der Waals surface area contributed by atoms with Gasteiger partial charge < -0.3 is 14.5 Å². The fourth-order valence-electron chi connectivity index (χ4n) is 2.56. The molecule has 0 bridgehead atoms. The third-order valence-corrected chi connectivity index (χ3v) is 3.56. The monoisotopic (exact) mass is 279 g/mol. The Morgan fingerprint density at radius 3 is 3.14 bits per heavy atom. The highest BCUT2D eigenvalue weighted by molar-refractivity contribution is 5.95. The Bertz CT molecular complexity index is 838. The third kappa shape index (κ3) is 2.03. The first-order valence-electron chi connectivity index (χ1n) is 6.80. The fraction of sp³-hybridized carbons (Fsp3) is 0.125. The number of fused-ring (bicyclic) bond motifs is 2. The lowest BCUT2D eigenvalue weighted by molar-refractivity contribution is -0.116. The van der Waals surface area contributed by atoms with Gasteiger partial charge in [-0.1, -0.05) is 12.1 Å². The van der Waals surface area contributed by atoms with Crippen molar-refractivity contribution in [2.75, 3.05) is 11.9 Å². The van der Waals surface area contributed by atoms with E-state index in [0.29, 0.717) is 13.0 Å². The molecular weight excluding hydrogens is 266 g/mol. The predicted octanol–water partition coefficient (Wildman–Crippen LogP) is 2.72. The standard InChI is InChI=1S/C16H13N3O2/c20-15-6-9-21-16-12(2-1-3-13(16)18-15)11-4-5-14-17-7-8-19(14)10-11/h1-5,7-8,10H,6,9H2,(H,18,20). The number of amides is 1. The Hall–Kier alpha value is -2.82. The zero-order valence-electron chi connectivity index (χ0n) is 11.2. The number of benzene rings is 1. The molecule has 0 unspecified atom stereocenters. The summed E-state index contributed by atoms with van der Waals surface area (Å²) in [5, 5.41) is 2.88. The fourth-order valence-corrected chi connectivity index (χ4v) is 2.56. The second-order valence-corrected chi connectivity index (χ2v) is 4.94. The minimum atomic E-state index is -0.0176. The quantitative estimate of drug-likeness (QED) is 0.745. The molecule has 4 rings (SSSR count). The van der Waals surface area contributed by atoms with Crippen molar-refractivity contribution in [1.82, 2.24) is 9.38 Å². The number of carbonyl (C=O) groups excluding carboxylic acids is 1. The molecule has 0 spiro atoms. The normalized spacial score (nSPS) is 14.2. The summed E-state index contributed by atoms with van der Waals surface area (Å²) in [5.74, 6) is 0.707. The number of hydrogen-bond acceptors (Lipinski definition) is 3. The Labute approximate surface area is 121 Å². The van der Waals surface area contributed by atoms with Gasteiger partial charge in [-0.25, -0.2) is 4.98 Å². The lowest BCUT2D eigenvalue weighted by Crippen LogP contribution is -2.10. The van der Waals surface area contributed by atoms with Crippen molar-refractivity contribution in [3.63, 3.8) is 0 Å². The van der Waals surface area contributed by atoms with Crippen LogP contribution in [0.15, 0.2) is 48.9 Å². The van der Waals surface area contributed by atoms with Crippen LogP contribution in [0.1, 0.15) is 6.42 Å².